The normalized spacial score (nSPS) is 19.8. The first-order valence-electron chi connectivity index (χ1n) is 17.6. The summed E-state index contributed by atoms with van der Waals surface area (Å²) < 4.78 is 22.5. The number of hydrogen-bond acceptors (Lipinski definition) is 9. The molecule has 4 aromatic carbocycles. The molecule has 8 rings (SSSR count). The topological polar surface area (TPSA) is 105 Å². The largest absolute Gasteiger partial charge is 0.491 e. The molecule has 0 amide bonds. The van der Waals surface area contributed by atoms with Crippen LogP contribution in [0.1, 0.15) is 31.9 Å². The van der Waals surface area contributed by atoms with E-state index in [1.165, 1.54) is 0 Å². The van der Waals surface area contributed by atoms with Crippen LogP contribution < -0.4 is 20.2 Å². The van der Waals surface area contributed by atoms with Crippen molar-refractivity contribution in [1.29, 1.82) is 0 Å². The average Bonchev–Trinajstić information content (AvgIpc) is 3.95. The molecule has 1 unspecified atom stereocenters. The average molecular weight is 687 g/mol. The number of aromatic nitrogens is 6. The lowest BCUT2D eigenvalue weighted by Crippen LogP contribution is -2.46. The second kappa shape index (κ2) is 14.0. The molecule has 2 fully saturated rings. The lowest BCUT2D eigenvalue weighted by molar-refractivity contribution is -0.191. The first-order chi connectivity index (χ1) is 25.0. The Kier molecular flexibility index (Phi) is 9.01. The maximum absolute atomic E-state index is 12.8. The number of nitrogens with zero attached hydrogens (tertiary/aromatic N) is 8. The predicted octanol–water partition coefficient (Wildman–Crippen LogP) is 5.42. The monoisotopic (exact) mass is 686 g/mol. The quantitative estimate of drug-likeness (QED) is 0.177. The van der Waals surface area contributed by atoms with Gasteiger partial charge >= 0.3 is 5.69 Å². The summed E-state index contributed by atoms with van der Waals surface area (Å²) in [6, 6.07) is 30.9. The van der Waals surface area contributed by atoms with E-state index in [9.17, 15) is 4.79 Å². The molecule has 4 heterocycles. The van der Waals surface area contributed by atoms with Gasteiger partial charge in [-0.2, -0.15) is 20.1 Å². The second-order valence-corrected chi connectivity index (χ2v) is 13.2. The molecule has 0 N–H and O–H groups in total. The van der Waals surface area contributed by atoms with Gasteiger partial charge in [0.15, 0.2) is 0 Å². The first kappa shape index (κ1) is 32.7. The van der Waals surface area contributed by atoms with E-state index in [2.05, 4.69) is 80.6 Å². The summed E-state index contributed by atoms with van der Waals surface area (Å²) in [6.45, 7) is 8.72. The van der Waals surface area contributed by atoms with Crippen LogP contribution in [-0.2, 0) is 21.8 Å². The Hall–Kier alpha value is -5.46. The van der Waals surface area contributed by atoms with Crippen LogP contribution >= 0.6 is 0 Å². The molecule has 262 valence electrons. The van der Waals surface area contributed by atoms with Gasteiger partial charge in [-0.25, -0.2) is 14.0 Å². The van der Waals surface area contributed by atoms with E-state index in [0.717, 1.165) is 71.7 Å². The van der Waals surface area contributed by atoms with Crippen LogP contribution in [0.2, 0.25) is 0 Å². The zero-order valence-corrected chi connectivity index (χ0v) is 28.9. The molecule has 3 atom stereocenters. The molecular formula is C39H42N8O4. The molecule has 6 aromatic rings. The van der Waals surface area contributed by atoms with Crippen molar-refractivity contribution in [2.75, 3.05) is 49.2 Å². The van der Waals surface area contributed by atoms with E-state index in [0.29, 0.717) is 19.8 Å². The van der Waals surface area contributed by atoms with Gasteiger partial charge in [0.25, 0.3) is 0 Å². The van der Waals surface area contributed by atoms with Crippen molar-refractivity contribution in [3.63, 3.8) is 0 Å². The molecular weight excluding hydrogens is 644 g/mol. The highest BCUT2D eigenvalue weighted by Gasteiger charge is 2.45. The molecule has 12 heteroatoms. The highest BCUT2D eigenvalue weighted by molar-refractivity contribution is 5.86. The Balaban J connectivity index is 0.867. The second-order valence-electron chi connectivity index (χ2n) is 13.2. The molecule has 2 saturated heterocycles. The maximum Gasteiger partial charge on any atom is 0.350 e. The third-order valence-corrected chi connectivity index (χ3v) is 9.99. The van der Waals surface area contributed by atoms with Gasteiger partial charge in [-0.05, 0) is 72.6 Å². The first-order valence-corrected chi connectivity index (χ1v) is 17.6. The third-order valence-electron chi connectivity index (χ3n) is 9.99. The standard InChI is InChI=1S/C39H42N8O4/c1-3-29(2)47-38(48)45(28-42-47)33-13-11-31(12-14-33)43-21-23-44(24-22-43)32-15-17-34(18-16-32)49-25-35-26-50-39(51-35,27-46-40-19-20-41-46)37-10-6-8-30-7-4-5-9-36(30)37/h4-20,28-29,35H,3,21-27H2,1-2H3/t29?,35-,39-/m1/s1. The van der Waals surface area contributed by atoms with Crippen molar-refractivity contribution >= 4 is 22.1 Å². The van der Waals surface area contributed by atoms with Crippen LogP contribution in [0, 0.1) is 0 Å². The van der Waals surface area contributed by atoms with Gasteiger partial charge in [0.2, 0.25) is 5.79 Å². The van der Waals surface area contributed by atoms with Gasteiger partial charge in [0, 0.05) is 43.1 Å². The minimum atomic E-state index is -1.04. The smallest absolute Gasteiger partial charge is 0.350 e. The Morgan fingerprint density at radius 2 is 1.47 bits per heavy atom. The lowest BCUT2D eigenvalue weighted by atomic mass is 9.97. The zero-order chi connectivity index (χ0) is 34.8. The Bertz CT molecular complexity index is 2120. The Morgan fingerprint density at radius 3 is 2.18 bits per heavy atom. The minimum Gasteiger partial charge on any atom is -0.491 e. The summed E-state index contributed by atoms with van der Waals surface area (Å²) in [6.07, 6.45) is 5.50. The Labute approximate surface area is 296 Å². The van der Waals surface area contributed by atoms with E-state index in [1.807, 2.05) is 49.4 Å². The van der Waals surface area contributed by atoms with E-state index < -0.39 is 5.79 Å². The fraction of sp³-hybridized carbons (Fsp3) is 0.333. The van der Waals surface area contributed by atoms with Gasteiger partial charge in [-0.1, -0.05) is 49.4 Å². The fourth-order valence-corrected chi connectivity index (χ4v) is 6.98. The molecule has 0 saturated carbocycles. The maximum atomic E-state index is 12.8. The van der Waals surface area contributed by atoms with Crippen molar-refractivity contribution in [1.82, 2.24) is 29.3 Å². The molecule has 2 aromatic heterocycles. The zero-order valence-electron chi connectivity index (χ0n) is 28.9. The summed E-state index contributed by atoms with van der Waals surface area (Å²) in [5.41, 5.74) is 3.97. The van der Waals surface area contributed by atoms with Gasteiger partial charge in [-0.15, -0.1) is 0 Å². The summed E-state index contributed by atoms with van der Waals surface area (Å²) in [7, 11) is 0. The van der Waals surface area contributed by atoms with E-state index in [1.54, 1.807) is 32.8 Å². The van der Waals surface area contributed by atoms with E-state index in [-0.39, 0.29) is 17.8 Å². The van der Waals surface area contributed by atoms with Crippen LogP contribution in [0.25, 0.3) is 16.5 Å². The molecule has 0 aliphatic carbocycles. The summed E-state index contributed by atoms with van der Waals surface area (Å²) in [5.74, 6) is -0.259. The van der Waals surface area contributed by atoms with Gasteiger partial charge in [0.1, 0.15) is 31.3 Å². The molecule has 0 bridgehead atoms. The van der Waals surface area contributed by atoms with Gasteiger partial charge in [-0.3, -0.25) is 0 Å². The number of anilines is 2. The van der Waals surface area contributed by atoms with E-state index in [4.69, 9.17) is 14.2 Å². The number of piperazine rings is 1. The highest BCUT2D eigenvalue weighted by atomic mass is 16.8. The van der Waals surface area contributed by atoms with Crippen LogP contribution in [0.3, 0.4) is 0 Å². The van der Waals surface area contributed by atoms with Gasteiger partial charge < -0.3 is 24.0 Å². The van der Waals surface area contributed by atoms with Crippen LogP contribution in [0.5, 0.6) is 5.75 Å². The summed E-state index contributed by atoms with van der Waals surface area (Å²) in [4.78, 5) is 19.2. The molecule has 0 spiro atoms. The van der Waals surface area contributed by atoms with Crippen LogP contribution in [-0.4, -0.2) is 74.8 Å². The minimum absolute atomic E-state index is 0.0690. The highest BCUT2D eigenvalue weighted by Crippen LogP contribution is 2.39. The molecule has 2 aliphatic rings. The van der Waals surface area contributed by atoms with Crippen LogP contribution in [0.4, 0.5) is 11.4 Å². The molecule has 51 heavy (non-hydrogen) atoms. The molecule has 2 aliphatic heterocycles. The number of fused-ring (bicyclic) bond motifs is 1. The van der Waals surface area contributed by atoms with E-state index >= 15 is 0 Å². The number of ether oxygens (including phenoxy) is 3. The molecule has 0 radical (unpaired) electrons. The summed E-state index contributed by atoms with van der Waals surface area (Å²) >= 11 is 0. The van der Waals surface area contributed by atoms with Crippen molar-refractivity contribution in [3.8, 4) is 11.4 Å². The number of hydrogen-bond donors (Lipinski definition) is 0. The van der Waals surface area contributed by atoms with Crippen molar-refractivity contribution < 1.29 is 14.2 Å². The predicted molar refractivity (Wildman–Crippen MR) is 196 cm³/mol. The lowest BCUT2D eigenvalue weighted by Gasteiger charge is -2.37. The SMILES string of the molecule is CCC(C)n1ncn(-c2ccc(N3CCN(c4ccc(OC[C@@H]5CO[C@@](Cn6nccn6)(c6cccc7ccccc67)O5)cc4)CC3)cc2)c1=O. The fourth-order valence-electron chi connectivity index (χ4n) is 6.98. The van der Waals surface area contributed by atoms with Crippen molar-refractivity contribution in [2.45, 2.75) is 44.7 Å². The number of benzene rings is 4. The van der Waals surface area contributed by atoms with Crippen molar-refractivity contribution in [3.05, 3.63) is 126 Å². The molecule has 12 nitrogen and oxygen atoms in total. The number of rotatable bonds is 11. The summed E-state index contributed by atoms with van der Waals surface area (Å²) in [5, 5.41) is 15.2. The van der Waals surface area contributed by atoms with Crippen LogP contribution in [0.15, 0.2) is 115 Å². The van der Waals surface area contributed by atoms with Gasteiger partial charge in [0.05, 0.1) is 30.7 Å². The van der Waals surface area contributed by atoms with Crippen molar-refractivity contribution in [2.24, 2.45) is 0 Å². The third kappa shape index (κ3) is 6.60. The Morgan fingerprint density at radius 1 is 0.824 bits per heavy atom.